The van der Waals surface area contributed by atoms with Gasteiger partial charge in [0.25, 0.3) is 5.91 Å². The first-order chi connectivity index (χ1) is 15.6. The largest absolute Gasteiger partial charge is 0.497 e. The second-order valence-corrected chi connectivity index (χ2v) is 8.90. The first kappa shape index (κ1) is 22.3. The maximum atomic E-state index is 14.2. The lowest BCUT2D eigenvalue weighted by Crippen LogP contribution is -2.52. The summed E-state index contributed by atoms with van der Waals surface area (Å²) in [5, 5.41) is 5.25. The van der Waals surface area contributed by atoms with Crippen LogP contribution in [-0.4, -0.2) is 50.1 Å². The number of ether oxygens (including phenoxy) is 1. The number of halogens is 1. The Morgan fingerprint density at radius 1 is 1.03 bits per heavy atom. The fourth-order valence-electron chi connectivity index (χ4n) is 4.26. The number of anilines is 1. The van der Waals surface area contributed by atoms with Gasteiger partial charge in [0.1, 0.15) is 11.6 Å². The van der Waals surface area contributed by atoms with Crippen molar-refractivity contribution in [2.45, 2.75) is 19.0 Å². The standard InChI is InChI=1S/C25H28FN3O2S/c1-18(27-25(30)19-9-11-20(31-2)12-10-19)24(23-8-5-17-32-23)29-15-13-28(14-16-29)22-7-4-3-6-21(22)26/h3-12,17-18,24H,13-16H2,1-2H3,(H,27,30)/t18-,24+/m1/s1. The zero-order chi connectivity index (χ0) is 22.5. The van der Waals surface area contributed by atoms with Gasteiger partial charge in [0.2, 0.25) is 0 Å². The summed E-state index contributed by atoms with van der Waals surface area (Å²) in [5.41, 5.74) is 1.26. The topological polar surface area (TPSA) is 44.8 Å². The number of hydrogen-bond donors (Lipinski definition) is 1. The van der Waals surface area contributed by atoms with Crippen LogP contribution in [0.15, 0.2) is 66.0 Å². The number of carbonyl (C=O) groups excluding carboxylic acids is 1. The smallest absolute Gasteiger partial charge is 0.251 e. The van der Waals surface area contributed by atoms with Crippen LogP contribution in [0.5, 0.6) is 5.75 Å². The summed E-state index contributed by atoms with van der Waals surface area (Å²) >= 11 is 1.70. The van der Waals surface area contributed by atoms with Crippen LogP contribution in [0, 0.1) is 5.82 Å². The second-order valence-electron chi connectivity index (χ2n) is 7.93. The summed E-state index contributed by atoms with van der Waals surface area (Å²) in [6.45, 7) is 5.11. The third-order valence-electron chi connectivity index (χ3n) is 5.92. The number of nitrogens with one attached hydrogen (secondary N) is 1. The van der Waals surface area contributed by atoms with Crippen molar-refractivity contribution in [3.8, 4) is 5.75 Å². The summed E-state index contributed by atoms with van der Waals surface area (Å²) in [7, 11) is 1.61. The molecule has 1 aromatic heterocycles. The lowest BCUT2D eigenvalue weighted by atomic mass is 10.0. The molecule has 0 spiro atoms. The molecule has 0 bridgehead atoms. The van der Waals surface area contributed by atoms with E-state index >= 15 is 0 Å². The molecule has 0 saturated carbocycles. The van der Waals surface area contributed by atoms with Crippen LogP contribution in [0.3, 0.4) is 0 Å². The molecule has 32 heavy (non-hydrogen) atoms. The summed E-state index contributed by atoms with van der Waals surface area (Å²) in [6, 6.07) is 18.2. The maximum absolute atomic E-state index is 14.2. The van der Waals surface area contributed by atoms with E-state index in [1.165, 1.54) is 10.9 Å². The first-order valence-corrected chi connectivity index (χ1v) is 11.7. The molecule has 0 aliphatic carbocycles. The second kappa shape index (κ2) is 10.1. The van der Waals surface area contributed by atoms with E-state index < -0.39 is 0 Å². The number of rotatable bonds is 7. The number of methoxy groups -OCH3 is 1. The molecular formula is C25H28FN3O2S. The predicted octanol–water partition coefficient (Wildman–Crippen LogP) is 4.58. The van der Waals surface area contributed by atoms with E-state index in [1.54, 1.807) is 48.8 Å². The summed E-state index contributed by atoms with van der Waals surface area (Å²) in [6.07, 6.45) is 0. The van der Waals surface area contributed by atoms with E-state index in [4.69, 9.17) is 4.74 Å². The molecule has 0 unspecified atom stereocenters. The van der Waals surface area contributed by atoms with E-state index in [0.29, 0.717) is 11.3 Å². The lowest BCUT2D eigenvalue weighted by Gasteiger charge is -2.42. The van der Waals surface area contributed by atoms with Crippen LogP contribution < -0.4 is 15.0 Å². The minimum Gasteiger partial charge on any atom is -0.497 e. The van der Waals surface area contributed by atoms with E-state index in [-0.39, 0.29) is 23.8 Å². The molecular weight excluding hydrogens is 425 g/mol. The molecule has 1 N–H and O–H groups in total. The van der Waals surface area contributed by atoms with Gasteiger partial charge in [-0.15, -0.1) is 11.3 Å². The molecule has 1 amide bonds. The molecule has 2 atom stereocenters. The Morgan fingerprint density at radius 2 is 1.75 bits per heavy atom. The molecule has 1 fully saturated rings. The minimum atomic E-state index is -0.184. The Balaban J connectivity index is 1.46. The van der Waals surface area contributed by atoms with Gasteiger partial charge in [-0.3, -0.25) is 9.69 Å². The molecule has 0 radical (unpaired) electrons. The van der Waals surface area contributed by atoms with Crippen LogP contribution in [0.1, 0.15) is 28.2 Å². The van der Waals surface area contributed by atoms with E-state index in [1.807, 2.05) is 18.2 Å². The number of benzene rings is 2. The van der Waals surface area contributed by atoms with Crippen molar-refractivity contribution in [1.29, 1.82) is 0 Å². The number of carbonyl (C=O) groups is 1. The average Bonchev–Trinajstić information content (AvgIpc) is 3.34. The highest BCUT2D eigenvalue weighted by molar-refractivity contribution is 7.10. The molecule has 1 aliphatic heterocycles. The number of nitrogens with zero attached hydrogens (tertiary/aromatic N) is 2. The van der Waals surface area contributed by atoms with Crippen LogP contribution in [-0.2, 0) is 0 Å². The van der Waals surface area contributed by atoms with Gasteiger partial charge in [0.05, 0.1) is 18.8 Å². The summed E-state index contributed by atoms with van der Waals surface area (Å²) in [4.78, 5) is 18.6. The third-order valence-corrected chi connectivity index (χ3v) is 6.86. The maximum Gasteiger partial charge on any atom is 0.251 e. The SMILES string of the molecule is COc1ccc(C(=O)N[C@H](C)[C@@H](c2cccs2)N2CCN(c3ccccc3F)CC2)cc1. The van der Waals surface area contributed by atoms with Gasteiger partial charge < -0.3 is 15.0 Å². The molecule has 5 nitrogen and oxygen atoms in total. The van der Waals surface area contributed by atoms with Gasteiger partial charge in [-0.1, -0.05) is 18.2 Å². The number of thiophene rings is 1. The van der Waals surface area contributed by atoms with Crippen molar-refractivity contribution in [2.24, 2.45) is 0 Å². The van der Waals surface area contributed by atoms with E-state index in [2.05, 4.69) is 33.5 Å². The quantitative estimate of drug-likeness (QED) is 0.569. The zero-order valence-corrected chi connectivity index (χ0v) is 19.1. The molecule has 1 saturated heterocycles. The van der Waals surface area contributed by atoms with Crippen molar-refractivity contribution < 1.29 is 13.9 Å². The van der Waals surface area contributed by atoms with Gasteiger partial charge in [-0.25, -0.2) is 4.39 Å². The number of piperazine rings is 1. The highest BCUT2D eigenvalue weighted by atomic mass is 32.1. The highest BCUT2D eigenvalue weighted by Gasteiger charge is 2.31. The molecule has 2 aromatic carbocycles. The Labute approximate surface area is 192 Å². The molecule has 2 heterocycles. The van der Waals surface area contributed by atoms with Crippen molar-refractivity contribution in [3.05, 3.63) is 82.3 Å². The van der Waals surface area contributed by atoms with Gasteiger partial charge in [0.15, 0.2) is 0 Å². The van der Waals surface area contributed by atoms with Gasteiger partial charge in [-0.05, 0) is 54.8 Å². The lowest BCUT2D eigenvalue weighted by molar-refractivity contribution is 0.0890. The Morgan fingerprint density at radius 3 is 2.38 bits per heavy atom. The van der Waals surface area contributed by atoms with Gasteiger partial charge in [0, 0.05) is 42.7 Å². The molecule has 4 rings (SSSR count). The van der Waals surface area contributed by atoms with E-state index in [0.717, 1.165) is 31.9 Å². The van der Waals surface area contributed by atoms with Crippen molar-refractivity contribution in [3.63, 3.8) is 0 Å². The first-order valence-electron chi connectivity index (χ1n) is 10.8. The summed E-state index contributed by atoms with van der Waals surface area (Å²) in [5.74, 6) is 0.432. The van der Waals surface area contributed by atoms with Crippen molar-refractivity contribution >= 4 is 22.9 Å². The van der Waals surface area contributed by atoms with Crippen LogP contribution >= 0.6 is 11.3 Å². The zero-order valence-electron chi connectivity index (χ0n) is 18.3. The molecule has 7 heteroatoms. The van der Waals surface area contributed by atoms with Gasteiger partial charge >= 0.3 is 0 Å². The fraction of sp³-hybridized carbons (Fsp3) is 0.320. The Hall–Kier alpha value is -2.90. The molecule has 1 aliphatic rings. The van der Waals surface area contributed by atoms with Crippen molar-refractivity contribution in [2.75, 3.05) is 38.2 Å². The Kier molecular flexibility index (Phi) is 7.07. The minimum absolute atomic E-state index is 0.0555. The van der Waals surface area contributed by atoms with Crippen molar-refractivity contribution in [1.82, 2.24) is 10.2 Å². The summed E-state index contributed by atoms with van der Waals surface area (Å²) < 4.78 is 19.4. The van der Waals surface area contributed by atoms with Gasteiger partial charge in [-0.2, -0.15) is 0 Å². The fourth-order valence-corrected chi connectivity index (χ4v) is 5.23. The van der Waals surface area contributed by atoms with Crippen LogP contribution in [0.2, 0.25) is 0 Å². The van der Waals surface area contributed by atoms with E-state index in [9.17, 15) is 9.18 Å². The average molecular weight is 454 g/mol. The van der Waals surface area contributed by atoms with Crippen LogP contribution in [0.4, 0.5) is 10.1 Å². The number of hydrogen-bond acceptors (Lipinski definition) is 5. The molecule has 3 aromatic rings. The Bertz CT molecular complexity index is 1020. The number of para-hydroxylation sites is 1. The van der Waals surface area contributed by atoms with Crippen LogP contribution in [0.25, 0.3) is 0 Å². The highest BCUT2D eigenvalue weighted by Crippen LogP contribution is 2.31. The predicted molar refractivity (Wildman–Crippen MR) is 127 cm³/mol. The number of amides is 1. The normalized spacial score (nSPS) is 16.4. The molecule has 168 valence electrons. The third kappa shape index (κ3) is 4.95. The monoisotopic (exact) mass is 453 g/mol.